The molecule has 0 radical (unpaired) electrons. The molecule has 0 spiro atoms. The highest BCUT2D eigenvalue weighted by molar-refractivity contribution is 5.89. The Morgan fingerprint density at radius 3 is 2.81 bits per heavy atom. The molecule has 2 heteroatoms. The molecule has 1 aromatic rings. The minimum absolute atomic E-state index is 0.250. The van der Waals surface area contributed by atoms with Crippen LogP contribution >= 0.6 is 0 Å². The van der Waals surface area contributed by atoms with Gasteiger partial charge in [0.05, 0.1) is 12.2 Å². The lowest BCUT2D eigenvalue weighted by Gasteiger charge is -2.05. The second-order valence-electron chi connectivity index (χ2n) is 3.88. The number of ether oxygens (including phenoxy) is 1. The van der Waals surface area contributed by atoms with E-state index in [4.69, 9.17) is 4.74 Å². The van der Waals surface area contributed by atoms with Crippen LogP contribution in [0, 0.1) is 0 Å². The van der Waals surface area contributed by atoms with Crippen molar-refractivity contribution in [1.82, 2.24) is 0 Å². The van der Waals surface area contributed by atoms with Crippen molar-refractivity contribution in [1.29, 1.82) is 0 Å². The summed E-state index contributed by atoms with van der Waals surface area (Å²) in [5.74, 6) is -0.250. The zero-order valence-corrected chi connectivity index (χ0v) is 9.95. The van der Waals surface area contributed by atoms with Crippen LogP contribution in [0.5, 0.6) is 0 Å². The molecule has 2 nitrogen and oxygen atoms in total. The summed E-state index contributed by atoms with van der Waals surface area (Å²) in [4.78, 5) is 11.5. The number of hydrogen-bond acceptors (Lipinski definition) is 2. The monoisotopic (exact) mass is 218 g/mol. The van der Waals surface area contributed by atoms with Crippen LogP contribution in [0.15, 0.2) is 36.4 Å². The molecule has 1 rings (SSSR count). The van der Waals surface area contributed by atoms with Gasteiger partial charge < -0.3 is 4.74 Å². The first-order chi connectivity index (χ1) is 7.63. The van der Waals surface area contributed by atoms with E-state index in [2.05, 4.69) is 6.58 Å². The zero-order chi connectivity index (χ0) is 12.0. The minimum Gasteiger partial charge on any atom is -0.462 e. The van der Waals surface area contributed by atoms with Crippen molar-refractivity contribution in [2.24, 2.45) is 0 Å². The Morgan fingerprint density at radius 1 is 1.44 bits per heavy atom. The van der Waals surface area contributed by atoms with Gasteiger partial charge in [-0.2, -0.15) is 0 Å². The average Bonchev–Trinajstić information content (AvgIpc) is 2.27. The molecule has 0 bridgehead atoms. The van der Waals surface area contributed by atoms with E-state index < -0.39 is 0 Å². The van der Waals surface area contributed by atoms with Crippen LogP contribution in [-0.2, 0) is 11.2 Å². The molecular formula is C14H18O2. The van der Waals surface area contributed by atoms with Crippen LogP contribution < -0.4 is 0 Å². The summed E-state index contributed by atoms with van der Waals surface area (Å²) in [6, 6.07) is 7.58. The summed E-state index contributed by atoms with van der Waals surface area (Å²) >= 11 is 0. The fraction of sp³-hybridized carbons (Fsp3) is 0.357. The first-order valence-corrected chi connectivity index (χ1v) is 5.54. The largest absolute Gasteiger partial charge is 0.462 e. The summed E-state index contributed by atoms with van der Waals surface area (Å²) in [5, 5.41) is 0. The third-order valence-electron chi connectivity index (χ3n) is 2.28. The highest BCUT2D eigenvalue weighted by Crippen LogP contribution is 2.11. The van der Waals surface area contributed by atoms with E-state index in [0.29, 0.717) is 12.2 Å². The van der Waals surface area contributed by atoms with Crippen molar-refractivity contribution in [2.75, 3.05) is 6.61 Å². The molecule has 16 heavy (non-hydrogen) atoms. The van der Waals surface area contributed by atoms with Crippen molar-refractivity contribution in [3.63, 3.8) is 0 Å². The third-order valence-corrected chi connectivity index (χ3v) is 2.28. The number of benzene rings is 1. The summed E-state index contributed by atoms with van der Waals surface area (Å²) in [6.07, 6.45) is 1.87. The van der Waals surface area contributed by atoms with Crippen molar-refractivity contribution < 1.29 is 9.53 Å². The standard InChI is InChI=1S/C14H18O2/c1-4-16-14(15)13-7-5-6-12(10-13)9-8-11(2)3/h5-7,10H,2,4,8-9H2,1,3H3. The van der Waals surface area contributed by atoms with Gasteiger partial charge in [0, 0.05) is 0 Å². The predicted molar refractivity (Wildman–Crippen MR) is 65.5 cm³/mol. The average molecular weight is 218 g/mol. The molecule has 0 aromatic heterocycles. The van der Waals surface area contributed by atoms with E-state index in [9.17, 15) is 4.79 Å². The van der Waals surface area contributed by atoms with Gasteiger partial charge in [-0.25, -0.2) is 4.79 Å². The number of aryl methyl sites for hydroxylation is 1. The van der Waals surface area contributed by atoms with Crippen LogP contribution in [0.2, 0.25) is 0 Å². The molecule has 86 valence electrons. The van der Waals surface area contributed by atoms with Gasteiger partial charge in [0.1, 0.15) is 0 Å². The Balaban J connectivity index is 2.70. The first-order valence-electron chi connectivity index (χ1n) is 5.54. The van der Waals surface area contributed by atoms with Crippen molar-refractivity contribution in [2.45, 2.75) is 26.7 Å². The second-order valence-corrected chi connectivity index (χ2v) is 3.88. The van der Waals surface area contributed by atoms with E-state index >= 15 is 0 Å². The molecule has 0 amide bonds. The van der Waals surface area contributed by atoms with Gasteiger partial charge in [0.25, 0.3) is 0 Å². The molecule has 0 aliphatic carbocycles. The summed E-state index contributed by atoms with van der Waals surface area (Å²) in [5.41, 5.74) is 2.93. The van der Waals surface area contributed by atoms with Gasteiger partial charge >= 0.3 is 5.97 Å². The number of carbonyl (C=O) groups excluding carboxylic acids is 1. The lowest BCUT2D eigenvalue weighted by Crippen LogP contribution is -2.04. The minimum atomic E-state index is -0.250. The smallest absolute Gasteiger partial charge is 0.338 e. The van der Waals surface area contributed by atoms with Crippen molar-refractivity contribution in [3.05, 3.63) is 47.5 Å². The number of rotatable bonds is 5. The van der Waals surface area contributed by atoms with Gasteiger partial charge in [0.2, 0.25) is 0 Å². The molecule has 0 fully saturated rings. The molecule has 0 heterocycles. The van der Waals surface area contributed by atoms with E-state index in [-0.39, 0.29) is 5.97 Å². The topological polar surface area (TPSA) is 26.3 Å². The number of hydrogen-bond donors (Lipinski definition) is 0. The lowest BCUT2D eigenvalue weighted by molar-refractivity contribution is 0.0526. The van der Waals surface area contributed by atoms with Crippen LogP contribution in [-0.4, -0.2) is 12.6 Å². The Morgan fingerprint density at radius 2 is 2.19 bits per heavy atom. The van der Waals surface area contributed by atoms with Gasteiger partial charge in [-0.1, -0.05) is 17.7 Å². The summed E-state index contributed by atoms with van der Waals surface area (Å²) < 4.78 is 4.95. The maximum absolute atomic E-state index is 11.5. The van der Waals surface area contributed by atoms with Gasteiger partial charge in [-0.15, -0.1) is 6.58 Å². The maximum atomic E-state index is 11.5. The highest BCUT2D eigenvalue weighted by atomic mass is 16.5. The molecule has 0 N–H and O–H groups in total. The van der Waals surface area contributed by atoms with Crippen LogP contribution in [0.1, 0.15) is 36.2 Å². The predicted octanol–water partition coefficient (Wildman–Crippen LogP) is 3.37. The molecule has 0 saturated carbocycles. The zero-order valence-electron chi connectivity index (χ0n) is 9.95. The van der Waals surface area contributed by atoms with Crippen molar-refractivity contribution >= 4 is 5.97 Å². The molecular weight excluding hydrogens is 200 g/mol. The normalized spacial score (nSPS) is 9.88. The lowest BCUT2D eigenvalue weighted by atomic mass is 10.0. The SMILES string of the molecule is C=C(C)CCc1cccc(C(=O)OCC)c1. The maximum Gasteiger partial charge on any atom is 0.338 e. The van der Waals surface area contributed by atoms with E-state index in [1.807, 2.05) is 32.0 Å². The van der Waals surface area contributed by atoms with Crippen LogP contribution in [0.3, 0.4) is 0 Å². The fourth-order valence-corrected chi connectivity index (χ4v) is 1.43. The Bertz CT molecular complexity index is 380. The Kier molecular flexibility index (Phi) is 4.77. The van der Waals surface area contributed by atoms with Crippen LogP contribution in [0.4, 0.5) is 0 Å². The number of allylic oxidation sites excluding steroid dienone is 1. The Hall–Kier alpha value is -1.57. The van der Waals surface area contributed by atoms with E-state index in [0.717, 1.165) is 24.0 Å². The second kappa shape index (κ2) is 6.11. The molecule has 0 aliphatic rings. The number of carbonyl (C=O) groups is 1. The summed E-state index contributed by atoms with van der Waals surface area (Å²) in [6.45, 7) is 8.09. The third kappa shape index (κ3) is 3.89. The van der Waals surface area contributed by atoms with Gasteiger partial charge in [-0.3, -0.25) is 0 Å². The molecule has 0 unspecified atom stereocenters. The number of esters is 1. The Labute approximate surface area is 96.9 Å². The van der Waals surface area contributed by atoms with Gasteiger partial charge in [-0.05, 0) is 44.4 Å². The van der Waals surface area contributed by atoms with E-state index in [1.54, 1.807) is 6.07 Å². The molecule has 1 aromatic carbocycles. The quantitative estimate of drug-likeness (QED) is 0.559. The summed E-state index contributed by atoms with van der Waals surface area (Å²) in [7, 11) is 0. The molecule has 0 aliphatic heterocycles. The molecule has 0 saturated heterocycles. The van der Waals surface area contributed by atoms with Gasteiger partial charge in [0.15, 0.2) is 0 Å². The van der Waals surface area contributed by atoms with E-state index in [1.165, 1.54) is 0 Å². The highest BCUT2D eigenvalue weighted by Gasteiger charge is 2.06. The first kappa shape index (κ1) is 12.5. The van der Waals surface area contributed by atoms with Crippen molar-refractivity contribution in [3.8, 4) is 0 Å². The fourth-order valence-electron chi connectivity index (χ4n) is 1.43. The molecule has 0 atom stereocenters. The van der Waals surface area contributed by atoms with Crippen LogP contribution in [0.25, 0.3) is 0 Å².